The molecule has 0 aromatic heterocycles. The molecular formula is C20H34N2O2. The summed E-state index contributed by atoms with van der Waals surface area (Å²) in [6, 6.07) is 8.12. The third-order valence-electron chi connectivity index (χ3n) is 4.33. The van der Waals surface area contributed by atoms with Crippen molar-refractivity contribution < 1.29 is 9.84 Å². The van der Waals surface area contributed by atoms with Gasteiger partial charge in [-0.15, -0.1) is 0 Å². The van der Waals surface area contributed by atoms with E-state index in [1.54, 1.807) is 0 Å². The number of hydrogen-bond acceptors (Lipinski definition) is 4. The zero-order valence-electron chi connectivity index (χ0n) is 15.6. The molecule has 24 heavy (non-hydrogen) atoms. The molecule has 1 atom stereocenters. The summed E-state index contributed by atoms with van der Waals surface area (Å²) >= 11 is 0. The van der Waals surface area contributed by atoms with Gasteiger partial charge in [-0.2, -0.15) is 0 Å². The van der Waals surface area contributed by atoms with Crippen LogP contribution in [-0.2, 0) is 6.54 Å². The number of likely N-dealkylation sites (tertiary alicyclic amines) is 1. The molecule has 1 aliphatic heterocycles. The number of ether oxygens (including phenoxy) is 1. The second kappa shape index (κ2) is 9.40. The molecule has 4 heteroatoms. The topological polar surface area (TPSA) is 44.7 Å². The Morgan fingerprint density at radius 2 is 1.88 bits per heavy atom. The summed E-state index contributed by atoms with van der Waals surface area (Å²) in [4.78, 5) is 2.37. The molecule has 0 spiro atoms. The molecule has 0 radical (unpaired) electrons. The minimum absolute atomic E-state index is 0.0974. The van der Waals surface area contributed by atoms with Gasteiger partial charge >= 0.3 is 0 Å². The highest BCUT2D eigenvalue weighted by Gasteiger charge is 2.14. The zero-order valence-corrected chi connectivity index (χ0v) is 15.6. The van der Waals surface area contributed by atoms with Crippen molar-refractivity contribution >= 4 is 0 Å². The van der Waals surface area contributed by atoms with E-state index in [0.29, 0.717) is 13.2 Å². The highest BCUT2D eigenvalue weighted by atomic mass is 16.5. The summed E-state index contributed by atoms with van der Waals surface area (Å²) in [6.45, 7) is 10.6. The number of aliphatic hydroxyl groups is 1. The van der Waals surface area contributed by atoms with Crippen LogP contribution in [-0.4, -0.2) is 47.9 Å². The molecule has 0 aliphatic carbocycles. The lowest BCUT2D eigenvalue weighted by Crippen LogP contribution is -2.36. The maximum Gasteiger partial charge on any atom is 0.119 e. The average molecular weight is 335 g/mol. The van der Waals surface area contributed by atoms with Gasteiger partial charge < -0.3 is 20.1 Å². The molecule has 4 nitrogen and oxygen atoms in total. The summed E-state index contributed by atoms with van der Waals surface area (Å²) < 4.78 is 5.81. The Labute approximate surface area is 147 Å². The van der Waals surface area contributed by atoms with Crippen molar-refractivity contribution in [3.8, 4) is 5.75 Å². The number of hydrogen-bond donors (Lipinski definition) is 2. The summed E-state index contributed by atoms with van der Waals surface area (Å²) in [5, 5.41) is 13.7. The minimum atomic E-state index is -0.431. The smallest absolute Gasteiger partial charge is 0.119 e. The zero-order chi connectivity index (χ0) is 17.4. The second-order valence-corrected chi connectivity index (χ2v) is 7.93. The number of β-amino-alcohol motifs (C(OH)–C–C–N with tert-alkyl or cyclic N) is 1. The fraction of sp³-hybridized carbons (Fsp3) is 0.700. The molecule has 2 rings (SSSR count). The first kappa shape index (κ1) is 19.2. The molecule has 1 fully saturated rings. The van der Waals surface area contributed by atoms with Crippen LogP contribution < -0.4 is 10.1 Å². The summed E-state index contributed by atoms with van der Waals surface area (Å²) in [5.74, 6) is 0.832. The molecule has 1 saturated heterocycles. The van der Waals surface area contributed by atoms with E-state index in [1.807, 2.05) is 12.1 Å². The lowest BCUT2D eigenvalue weighted by Gasteiger charge is -2.23. The lowest BCUT2D eigenvalue weighted by molar-refractivity contribution is 0.0693. The fourth-order valence-corrected chi connectivity index (χ4v) is 2.97. The molecule has 1 aliphatic rings. The summed E-state index contributed by atoms with van der Waals surface area (Å²) in [6.07, 6.45) is 4.70. The van der Waals surface area contributed by atoms with Crippen LogP contribution in [0.3, 0.4) is 0 Å². The summed E-state index contributed by atoms with van der Waals surface area (Å²) in [7, 11) is 0. The Morgan fingerprint density at radius 1 is 1.17 bits per heavy atom. The van der Waals surface area contributed by atoms with Gasteiger partial charge in [-0.1, -0.05) is 25.0 Å². The van der Waals surface area contributed by atoms with Gasteiger partial charge in [0.15, 0.2) is 0 Å². The predicted octanol–water partition coefficient (Wildman–Crippen LogP) is 3.19. The molecule has 2 N–H and O–H groups in total. The molecule has 1 aromatic carbocycles. The van der Waals surface area contributed by atoms with Crippen molar-refractivity contribution in [2.75, 3.05) is 26.2 Å². The first-order valence-corrected chi connectivity index (χ1v) is 9.29. The SMILES string of the molecule is CC(C)(C)NCc1cccc(OC[C@H](O)CN2CCCCCC2)c1. The minimum Gasteiger partial charge on any atom is -0.491 e. The Morgan fingerprint density at radius 3 is 2.54 bits per heavy atom. The van der Waals surface area contributed by atoms with Crippen molar-refractivity contribution in [3.63, 3.8) is 0 Å². The quantitative estimate of drug-likeness (QED) is 0.804. The monoisotopic (exact) mass is 334 g/mol. The van der Waals surface area contributed by atoms with E-state index >= 15 is 0 Å². The van der Waals surface area contributed by atoms with Crippen LogP contribution in [0, 0.1) is 0 Å². The molecule has 1 heterocycles. The number of nitrogens with zero attached hydrogens (tertiary/aromatic N) is 1. The third-order valence-corrected chi connectivity index (χ3v) is 4.33. The van der Waals surface area contributed by atoms with Gasteiger partial charge in [0.05, 0.1) is 0 Å². The van der Waals surface area contributed by atoms with Crippen molar-refractivity contribution in [2.24, 2.45) is 0 Å². The van der Waals surface area contributed by atoms with Crippen LogP contribution in [0.2, 0.25) is 0 Å². The van der Waals surface area contributed by atoms with Crippen LogP contribution in [0.15, 0.2) is 24.3 Å². The van der Waals surface area contributed by atoms with E-state index in [9.17, 15) is 5.11 Å². The van der Waals surface area contributed by atoms with Crippen LogP contribution >= 0.6 is 0 Å². The average Bonchev–Trinajstić information content (AvgIpc) is 2.79. The number of aliphatic hydroxyl groups excluding tert-OH is 1. The largest absolute Gasteiger partial charge is 0.491 e. The molecule has 136 valence electrons. The third kappa shape index (κ3) is 7.65. The van der Waals surface area contributed by atoms with E-state index in [4.69, 9.17) is 4.74 Å². The van der Waals surface area contributed by atoms with E-state index in [1.165, 1.54) is 31.2 Å². The lowest BCUT2D eigenvalue weighted by atomic mass is 10.1. The van der Waals surface area contributed by atoms with Gasteiger partial charge in [-0.05, 0) is 64.4 Å². The van der Waals surface area contributed by atoms with E-state index in [2.05, 4.69) is 43.1 Å². The van der Waals surface area contributed by atoms with Gasteiger partial charge in [0.2, 0.25) is 0 Å². The van der Waals surface area contributed by atoms with Crippen LogP contribution in [0.1, 0.15) is 52.0 Å². The molecule has 0 amide bonds. The van der Waals surface area contributed by atoms with Gasteiger partial charge in [-0.25, -0.2) is 0 Å². The van der Waals surface area contributed by atoms with Crippen molar-refractivity contribution in [2.45, 2.75) is 64.6 Å². The highest BCUT2D eigenvalue weighted by Crippen LogP contribution is 2.15. The Hall–Kier alpha value is -1.10. The maximum atomic E-state index is 10.3. The molecule has 0 saturated carbocycles. The number of benzene rings is 1. The Kier molecular flexibility index (Phi) is 7.53. The van der Waals surface area contributed by atoms with Crippen LogP contribution in [0.25, 0.3) is 0 Å². The maximum absolute atomic E-state index is 10.3. The first-order chi connectivity index (χ1) is 11.4. The van der Waals surface area contributed by atoms with Crippen molar-refractivity contribution in [1.82, 2.24) is 10.2 Å². The van der Waals surface area contributed by atoms with E-state index in [-0.39, 0.29) is 5.54 Å². The standard InChI is InChI=1S/C20H34N2O2/c1-20(2,3)21-14-17-9-8-10-19(13-17)24-16-18(23)15-22-11-6-4-5-7-12-22/h8-10,13,18,21,23H,4-7,11-12,14-16H2,1-3H3/t18-/m1/s1. The first-order valence-electron chi connectivity index (χ1n) is 9.29. The van der Waals surface area contributed by atoms with Gasteiger partial charge in [-0.3, -0.25) is 0 Å². The van der Waals surface area contributed by atoms with Crippen LogP contribution in [0.5, 0.6) is 5.75 Å². The molecule has 0 unspecified atom stereocenters. The van der Waals surface area contributed by atoms with E-state index < -0.39 is 6.10 Å². The summed E-state index contributed by atoms with van der Waals surface area (Å²) in [5.41, 5.74) is 1.30. The normalized spacial score (nSPS) is 18.2. The Balaban J connectivity index is 1.76. The number of nitrogens with one attached hydrogen (secondary N) is 1. The predicted molar refractivity (Wildman–Crippen MR) is 99.4 cm³/mol. The molecule has 1 aromatic rings. The molecular weight excluding hydrogens is 300 g/mol. The fourth-order valence-electron chi connectivity index (χ4n) is 2.97. The van der Waals surface area contributed by atoms with Gasteiger partial charge in [0.25, 0.3) is 0 Å². The highest BCUT2D eigenvalue weighted by molar-refractivity contribution is 5.28. The van der Waals surface area contributed by atoms with Gasteiger partial charge in [0, 0.05) is 18.6 Å². The van der Waals surface area contributed by atoms with Crippen molar-refractivity contribution in [3.05, 3.63) is 29.8 Å². The van der Waals surface area contributed by atoms with Crippen LogP contribution in [0.4, 0.5) is 0 Å². The number of rotatable bonds is 7. The Bertz CT molecular complexity index is 477. The second-order valence-electron chi connectivity index (χ2n) is 7.93. The molecule has 0 bridgehead atoms. The van der Waals surface area contributed by atoms with Gasteiger partial charge in [0.1, 0.15) is 18.5 Å². The van der Waals surface area contributed by atoms with E-state index in [0.717, 1.165) is 25.4 Å². The van der Waals surface area contributed by atoms with Crippen molar-refractivity contribution in [1.29, 1.82) is 0 Å².